The zero-order valence-corrected chi connectivity index (χ0v) is 14.5. The van der Waals surface area contributed by atoms with Gasteiger partial charge in [0.05, 0.1) is 28.7 Å². The maximum absolute atomic E-state index is 12.4. The van der Waals surface area contributed by atoms with Gasteiger partial charge in [0, 0.05) is 19.3 Å². The van der Waals surface area contributed by atoms with Crippen molar-refractivity contribution in [2.75, 3.05) is 19.3 Å². The zero-order valence-electron chi connectivity index (χ0n) is 13.7. The molecule has 8 heteroatoms. The molecule has 3 rings (SSSR count). The minimum absolute atomic E-state index is 0.107. The molecule has 1 unspecified atom stereocenters. The van der Waals surface area contributed by atoms with Crippen LogP contribution in [0.4, 0.5) is 0 Å². The molecule has 1 aliphatic heterocycles. The molecule has 1 amide bonds. The third kappa shape index (κ3) is 3.33. The van der Waals surface area contributed by atoms with Crippen LogP contribution in [0.1, 0.15) is 17.8 Å². The quantitative estimate of drug-likeness (QED) is 0.814. The monoisotopic (exact) mass is 348 g/mol. The first-order chi connectivity index (χ1) is 11.4. The van der Waals surface area contributed by atoms with E-state index in [2.05, 4.69) is 10.3 Å². The molecule has 1 aliphatic rings. The molecule has 1 fully saturated rings. The van der Waals surface area contributed by atoms with E-state index in [1.165, 1.54) is 6.26 Å². The van der Waals surface area contributed by atoms with Crippen LogP contribution in [-0.4, -0.2) is 58.8 Å². The van der Waals surface area contributed by atoms with Crippen molar-refractivity contribution < 1.29 is 13.2 Å². The second kappa shape index (κ2) is 6.35. The van der Waals surface area contributed by atoms with E-state index in [4.69, 9.17) is 0 Å². The lowest BCUT2D eigenvalue weighted by molar-refractivity contribution is -0.129. The summed E-state index contributed by atoms with van der Waals surface area (Å²) in [6.07, 6.45) is 1.86. The minimum atomic E-state index is -3.11. The molecule has 1 atom stereocenters. The summed E-state index contributed by atoms with van der Waals surface area (Å²) in [4.78, 5) is 14.0. The van der Waals surface area contributed by atoms with Gasteiger partial charge in [-0.1, -0.05) is 23.4 Å². The average molecular weight is 348 g/mol. The fraction of sp³-hybridized carbons (Fsp3) is 0.438. The summed E-state index contributed by atoms with van der Waals surface area (Å²) in [7, 11) is -3.11. The number of amides is 1. The minimum Gasteiger partial charge on any atom is -0.341 e. The largest absolute Gasteiger partial charge is 0.341 e. The molecule has 0 N–H and O–H groups in total. The molecule has 0 aliphatic carbocycles. The summed E-state index contributed by atoms with van der Waals surface area (Å²) >= 11 is 0. The first-order valence-electron chi connectivity index (χ1n) is 7.79. The summed E-state index contributed by atoms with van der Waals surface area (Å²) < 4.78 is 24.9. The van der Waals surface area contributed by atoms with Crippen LogP contribution in [-0.2, 0) is 21.1 Å². The van der Waals surface area contributed by atoms with Gasteiger partial charge in [-0.2, -0.15) is 0 Å². The van der Waals surface area contributed by atoms with Crippen molar-refractivity contribution in [3.63, 3.8) is 0 Å². The van der Waals surface area contributed by atoms with E-state index >= 15 is 0 Å². The molecular formula is C16H20N4O3S. The van der Waals surface area contributed by atoms with Crippen molar-refractivity contribution >= 4 is 15.7 Å². The predicted molar refractivity (Wildman–Crippen MR) is 89.6 cm³/mol. The number of hydrogen-bond acceptors (Lipinski definition) is 5. The van der Waals surface area contributed by atoms with Crippen LogP contribution < -0.4 is 0 Å². The molecule has 2 aromatic rings. The van der Waals surface area contributed by atoms with Crippen LogP contribution in [0.15, 0.2) is 30.3 Å². The summed E-state index contributed by atoms with van der Waals surface area (Å²) in [6.45, 7) is 2.62. The fourth-order valence-corrected chi connectivity index (χ4v) is 3.88. The van der Waals surface area contributed by atoms with Gasteiger partial charge in [-0.25, -0.2) is 13.1 Å². The van der Waals surface area contributed by atoms with Crippen molar-refractivity contribution in [1.82, 2.24) is 19.9 Å². The van der Waals surface area contributed by atoms with Crippen LogP contribution in [0, 0.1) is 6.92 Å². The molecule has 2 heterocycles. The number of aromatic nitrogens is 3. The summed E-state index contributed by atoms with van der Waals surface area (Å²) in [6, 6.07) is 9.59. The number of nitrogens with zero attached hydrogens (tertiary/aromatic N) is 4. The van der Waals surface area contributed by atoms with E-state index in [1.54, 1.807) is 9.58 Å². The Morgan fingerprint density at radius 1 is 1.29 bits per heavy atom. The van der Waals surface area contributed by atoms with Crippen LogP contribution in [0.25, 0.3) is 5.69 Å². The molecule has 0 bridgehead atoms. The van der Waals surface area contributed by atoms with E-state index in [0.29, 0.717) is 18.7 Å². The molecular weight excluding hydrogens is 328 g/mol. The maximum atomic E-state index is 12.4. The Bertz CT molecular complexity index is 845. The highest BCUT2D eigenvalue weighted by atomic mass is 32.2. The average Bonchev–Trinajstić information content (AvgIpc) is 3.16. The van der Waals surface area contributed by atoms with Crippen LogP contribution in [0.2, 0.25) is 0 Å². The molecule has 0 radical (unpaired) electrons. The summed E-state index contributed by atoms with van der Waals surface area (Å²) in [5, 5.41) is 7.78. The topological polar surface area (TPSA) is 85.2 Å². The SMILES string of the molecule is Cc1c(CC(=O)N2CCC(S(C)(=O)=O)C2)nnn1-c1ccccc1. The highest BCUT2D eigenvalue weighted by molar-refractivity contribution is 7.91. The van der Waals surface area contributed by atoms with E-state index in [9.17, 15) is 13.2 Å². The normalized spacial score (nSPS) is 18.1. The lowest BCUT2D eigenvalue weighted by Gasteiger charge is -2.15. The van der Waals surface area contributed by atoms with Crippen molar-refractivity contribution in [3.05, 3.63) is 41.7 Å². The van der Waals surface area contributed by atoms with E-state index < -0.39 is 15.1 Å². The van der Waals surface area contributed by atoms with Crippen molar-refractivity contribution in [3.8, 4) is 5.69 Å². The van der Waals surface area contributed by atoms with E-state index in [-0.39, 0.29) is 18.9 Å². The Hall–Kier alpha value is -2.22. The fourth-order valence-electron chi connectivity index (χ4n) is 2.90. The Morgan fingerprint density at radius 2 is 2.00 bits per heavy atom. The van der Waals surface area contributed by atoms with Gasteiger partial charge in [0.1, 0.15) is 0 Å². The zero-order chi connectivity index (χ0) is 17.3. The number of benzene rings is 1. The first-order valence-corrected chi connectivity index (χ1v) is 9.75. The van der Waals surface area contributed by atoms with Crippen molar-refractivity contribution in [2.24, 2.45) is 0 Å². The number of rotatable bonds is 4. The number of carbonyl (C=O) groups is 1. The van der Waals surface area contributed by atoms with Gasteiger partial charge in [0.15, 0.2) is 9.84 Å². The molecule has 7 nitrogen and oxygen atoms in total. The molecule has 0 spiro atoms. The standard InChI is InChI=1S/C16H20N4O3S/c1-12-15(17-18-20(12)13-6-4-3-5-7-13)10-16(21)19-9-8-14(11-19)24(2,22)23/h3-7,14H,8-11H2,1-2H3. The van der Waals surface area contributed by atoms with Crippen molar-refractivity contribution in [1.29, 1.82) is 0 Å². The molecule has 1 aromatic carbocycles. The molecule has 1 aromatic heterocycles. The van der Waals surface area contributed by atoms with Gasteiger partial charge < -0.3 is 4.90 Å². The second-order valence-corrected chi connectivity index (χ2v) is 8.45. The molecule has 0 saturated carbocycles. The molecule has 1 saturated heterocycles. The maximum Gasteiger partial charge on any atom is 0.228 e. The van der Waals surface area contributed by atoms with Gasteiger partial charge in [0.2, 0.25) is 5.91 Å². The highest BCUT2D eigenvalue weighted by Gasteiger charge is 2.32. The lowest BCUT2D eigenvalue weighted by atomic mass is 10.2. The third-order valence-corrected chi connectivity index (χ3v) is 6.01. The van der Waals surface area contributed by atoms with E-state index in [0.717, 1.165) is 11.4 Å². The Labute approximate surface area is 141 Å². The van der Waals surface area contributed by atoms with Gasteiger partial charge in [-0.05, 0) is 25.5 Å². The lowest BCUT2D eigenvalue weighted by Crippen LogP contribution is -2.32. The number of hydrogen-bond donors (Lipinski definition) is 0. The van der Waals surface area contributed by atoms with Crippen LogP contribution in [0.5, 0.6) is 0 Å². The second-order valence-electron chi connectivity index (χ2n) is 6.13. The number of carbonyl (C=O) groups excluding carboxylic acids is 1. The summed E-state index contributed by atoms with van der Waals surface area (Å²) in [5.74, 6) is -0.107. The Morgan fingerprint density at radius 3 is 2.62 bits per heavy atom. The first kappa shape index (κ1) is 16.6. The molecule has 24 heavy (non-hydrogen) atoms. The summed E-state index contributed by atoms with van der Waals surface area (Å²) in [5.41, 5.74) is 2.32. The highest BCUT2D eigenvalue weighted by Crippen LogP contribution is 2.18. The van der Waals surface area contributed by atoms with Gasteiger partial charge >= 0.3 is 0 Å². The van der Waals surface area contributed by atoms with Gasteiger partial charge in [-0.3, -0.25) is 4.79 Å². The Kier molecular flexibility index (Phi) is 4.40. The smallest absolute Gasteiger partial charge is 0.228 e. The Balaban J connectivity index is 1.71. The number of para-hydroxylation sites is 1. The third-order valence-electron chi connectivity index (χ3n) is 4.41. The number of likely N-dealkylation sites (tertiary alicyclic amines) is 1. The molecule has 128 valence electrons. The van der Waals surface area contributed by atoms with E-state index in [1.807, 2.05) is 37.3 Å². The van der Waals surface area contributed by atoms with Gasteiger partial charge in [-0.15, -0.1) is 5.10 Å². The van der Waals surface area contributed by atoms with Crippen LogP contribution in [0.3, 0.4) is 0 Å². The van der Waals surface area contributed by atoms with Crippen molar-refractivity contribution in [2.45, 2.75) is 25.0 Å². The van der Waals surface area contributed by atoms with Gasteiger partial charge in [0.25, 0.3) is 0 Å². The predicted octanol–water partition coefficient (Wildman–Crippen LogP) is 0.764. The number of sulfone groups is 1. The van der Waals surface area contributed by atoms with Crippen LogP contribution >= 0.6 is 0 Å².